The van der Waals surface area contributed by atoms with Crippen LogP contribution in [0.15, 0.2) is 0 Å². The molecule has 3 aliphatic rings. The third-order valence-corrected chi connectivity index (χ3v) is 7.20. The van der Waals surface area contributed by atoms with Crippen LogP contribution in [0.25, 0.3) is 0 Å². The summed E-state index contributed by atoms with van der Waals surface area (Å²) in [7, 11) is 1.91. The number of piperidine rings is 1. The third-order valence-electron chi connectivity index (χ3n) is 7.20. The first-order chi connectivity index (χ1) is 15.3. The van der Waals surface area contributed by atoms with Crippen LogP contribution < -0.4 is 0 Å². The summed E-state index contributed by atoms with van der Waals surface area (Å²) >= 11 is 0. The molecular formula is C22H36N4O6. The zero-order valence-electron chi connectivity index (χ0n) is 18.9. The molecule has 3 atom stereocenters. The number of amides is 4. The molecule has 2 heterocycles. The zero-order chi connectivity index (χ0) is 23.3. The minimum Gasteiger partial charge on any atom is -0.465 e. The molecule has 10 nitrogen and oxygen atoms in total. The van der Waals surface area contributed by atoms with Gasteiger partial charge in [0.05, 0.1) is 18.5 Å². The topological polar surface area (TPSA) is 122 Å². The van der Waals surface area contributed by atoms with Crippen molar-refractivity contribution in [2.45, 2.75) is 69.9 Å². The maximum absolute atomic E-state index is 13.5. The van der Waals surface area contributed by atoms with Gasteiger partial charge in [-0.25, -0.2) is 14.8 Å². The smallest absolute Gasteiger partial charge is 0.414 e. The molecule has 2 aliphatic heterocycles. The normalized spacial score (nSPS) is 25.5. The van der Waals surface area contributed by atoms with E-state index in [2.05, 4.69) is 0 Å². The quantitative estimate of drug-likeness (QED) is 0.326. The Morgan fingerprint density at radius 2 is 1.75 bits per heavy atom. The number of nitrogens with zero attached hydrogens (tertiary/aromatic N) is 4. The second-order valence-corrected chi connectivity index (χ2v) is 9.55. The lowest BCUT2D eigenvalue weighted by atomic mass is 9.91. The Labute approximate surface area is 189 Å². The monoisotopic (exact) mass is 452 g/mol. The van der Waals surface area contributed by atoms with Gasteiger partial charge < -0.3 is 14.9 Å². The van der Waals surface area contributed by atoms with Crippen molar-refractivity contribution in [2.75, 3.05) is 33.2 Å². The van der Waals surface area contributed by atoms with Crippen molar-refractivity contribution < 1.29 is 29.5 Å². The van der Waals surface area contributed by atoms with Crippen LogP contribution in [0.3, 0.4) is 0 Å². The summed E-state index contributed by atoms with van der Waals surface area (Å²) in [6.45, 7) is 1.61. The Morgan fingerprint density at radius 1 is 1.06 bits per heavy atom. The minimum atomic E-state index is -1.28. The number of carbonyl (C=O) groups excluding carboxylic acids is 3. The Morgan fingerprint density at radius 3 is 2.38 bits per heavy atom. The maximum Gasteiger partial charge on any atom is 0.414 e. The molecule has 0 aromatic heterocycles. The van der Waals surface area contributed by atoms with E-state index in [9.17, 15) is 29.5 Å². The molecule has 3 rings (SSSR count). The van der Waals surface area contributed by atoms with E-state index in [4.69, 9.17) is 0 Å². The van der Waals surface area contributed by atoms with Gasteiger partial charge in [0.25, 0.3) is 5.91 Å². The molecule has 10 heteroatoms. The lowest BCUT2D eigenvalue weighted by molar-refractivity contribution is -0.159. The molecule has 1 aliphatic carbocycles. The van der Waals surface area contributed by atoms with Crippen molar-refractivity contribution >= 4 is 24.3 Å². The van der Waals surface area contributed by atoms with Crippen LogP contribution in [-0.2, 0) is 14.4 Å². The van der Waals surface area contributed by atoms with Gasteiger partial charge >= 0.3 is 6.09 Å². The van der Waals surface area contributed by atoms with Gasteiger partial charge in [0, 0.05) is 13.1 Å². The van der Waals surface area contributed by atoms with E-state index in [1.165, 1.54) is 4.90 Å². The van der Waals surface area contributed by atoms with Crippen molar-refractivity contribution in [3.8, 4) is 0 Å². The fraction of sp³-hybridized carbons (Fsp3) is 0.818. The van der Waals surface area contributed by atoms with Gasteiger partial charge in [-0.2, -0.15) is 0 Å². The minimum absolute atomic E-state index is 0.119. The summed E-state index contributed by atoms with van der Waals surface area (Å²) in [5.74, 6) is -1.07. The van der Waals surface area contributed by atoms with Gasteiger partial charge in [0.1, 0.15) is 6.04 Å². The number of imide groups is 1. The van der Waals surface area contributed by atoms with Crippen molar-refractivity contribution in [3.63, 3.8) is 0 Å². The summed E-state index contributed by atoms with van der Waals surface area (Å²) in [6.07, 6.45) is 6.27. The summed E-state index contributed by atoms with van der Waals surface area (Å²) in [5, 5.41) is 20.1. The first-order valence-electron chi connectivity index (χ1n) is 11.8. The zero-order valence-corrected chi connectivity index (χ0v) is 18.9. The van der Waals surface area contributed by atoms with Gasteiger partial charge in [0.15, 0.2) is 0 Å². The van der Waals surface area contributed by atoms with Gasteiger partial charge in [-0.1, -0.05) is 25.7 Å². The van der Waals surface area contributed by atoms with Crippen LogP contribution in [-0.4, -0.2) is 99.7 Å². The number of rotatable bonds is 8. The molecule has 2 N–H and O–H groups in total. The largest absolute Gasteiger partial charge is 0.465 e. The number of hydrogen-bond acceptors (Lipinski definition) is 6. The molecule has 1 unspecified atom stereocenters. The van der Waals surface area contributed by atoms with Crippen LogP contribution in [0.4, 0.5) is 4.79 Å². The van der Waals surface area contributed by atoms with E-state index in [0.29, 0.717) is 49.8 Å². The van der Waals surface area contributed by atoms with Crippen LogP contribution in [0, 0.1) is 11.8 Å². The SMILES string of the molecule is CN1CCCC(N(C(=O)O)C(=O)[C@H]2CCCN2C(=O)[C@H](CC2CCCC2)CN(O)C=O)C1. The van der Waals surface area contributed by atoms with E-state index in [0.717, 1.165) is 43.5 Å². The fourth-order valence-corrected chi connectivity index (χ4v) is 5.63. The second kappa shape index (κ2) is 11.1. The molecule has 3 fully saturated rings. The molecule has 32 heavy (non-hydrogen) atoms. The number of likely N-dealkylation sites (tertiary alicyclic amines) is 2. The van der Waals surface area contributed by atoms with E-state index >= 15 is 0 Å². The first-order valence-corrected chi connectivity index (χ1v) is 11.8. The van der Waals surface area contributed by atoms with Crippen molar-refractivity contribution in [1.29, 1.82) is 0 Å². The third kappa shape index (κ3) is 5.78. The Balaban J connectivity index is 1.75. The molecule has 0 aromatic carbocycles. The average Bonchev–Trinajstić information content (AvgIpc) is 3.44. The molecule has 0 spiro atoms. The average molecular weight is 453 g/mol. The number of carboxylic acid groups (broad SMARTS) is 1. The van der Waals surface area contributed by atoms with Crippen molar-refractivity contribution in [1.82, 2.24) is 19.8 Å². The first kappa shape index (κ1) is 24.4. The maximum atomic E-state index is 13.5. The molecule has 1 saturated carbocycles. The van der Waals surface area contributed by atoms with Gasteiger partial charge in [0.2, 0.25) is 12.3 Å². The molecule has 4 amide bonds. The second-order valence-electron chi connectivity index (χ2n) is 9.55. The highest BCUT2D eigenvalue weighted by Crippen LogP contribution is 2.33. The van der Waals surface area contributed by atoms with Gasteiger partial charge in [-0.3, -0.25) is 19.6 Å². The number of hydrogen-bond donors (Lipinski definition) is 2. The molecule has 2 saturated heterocycles. The molecule has 180 valence electrons. The van der Waals surface area contributed by atoms with E-state index < -0.39 is 30.0 Å². The van der Waals surface area contributed by atoms with E-state index in [1.54, 1.807) is 0 Å². The van der Waals surface area contributed by atoms with Crippen LogP contribution >= 0.6 is 0 Å². The van der Waals surface area contributed by atoms with E-state index in [-0.39, 0.29) is 18.9 Å². The Bertz CT molecular complexity index is 698. The standard InChI is InChI=1S/C22H36N4O6/c1-23-10-4-8-18(14-23)26(22(30)31)21(29)19-9-5-11-25(19)20(28)17(13-24(32)15-27)12-16-6-2-3-7-16/h15-19,32H,2-14H2,1H3,(H,30,31)/t17-,18?,19-/m1/s1. The highest BCUT2D eigenvalue weighted by Gasteiger charge is 2.43. The molecular weight excluding hydrogens is 416 g/mol. The summed E-state index contributed by atoms with van der Waals surface area (Å²) in [5.41, 5.74) is 0. The lowest BCUT2D eigenvalue weighted by Crippen LogP contribution is -2.57. The van der Waals surface area contributed by atoms with Crippen LogP contribution in [0.1, 0.15) is 57.8 Å². The highest BCUT2D eigenvalue weighted by molar-refractivity contribution is 5.97. The van der Waals surface area contributed by atoms with Crippen LogP contribution in [0.2, 0.25) is 0 Å². The van der Waals surface area contributed by atoms with Crippen molar-refractivity contribution in [2.24, 2.45) is 11.8 Å². The lowest BCUT2D eigenvalue weighted by Gasteiger charge is -2.38. The Hall–Kier alpha value is -2.20. The molecule has 0 bridgehead atoms. The number of likely N-dealkylation sites (N-methyl/N-ethyl adjacent to an activating group) is 1. The van der Waals surface area contributed by atoms with Crippen molar-refractivity contribution in [3.05, 3.63) is 0 Å². The van der Waals surface area contributed by atoms with E-state index in [1.807, 2.05) is 11.9 Å². The van der Waals surface area contributed by atoms with Gasteiger partial charge in [-0.05, 0) is 51.6 Å². The highest BCUT2D eigenvalue weighted by atomic mass is 16.5. The molecule has 0 aromatic rings. The fourth-order valence-electron chi connectivity index (χ4n) is 5.63. The number of carbonyl (C=O) groups is 4. The molecule has 0 radical (unpaired) electrons. The summed E-state index contributed by atoms with van der Waals surface area (Å²) in [4.78, 5) is 54.3. The van der Waals surface area contributed by atoms with Crippen LogP contribution in [0.5, 0.6) is 0 Å². The Kier molecular flexibility index (Phi) is 8.47. The number of hydroxylamine groups is 2. The predicted octanol–water partition coefficient (Wildman–Crippen LogP) is 1.62. The predicted molar refractivity (Wildman–Crippen MR) is 115 cm³/mol. The summed E-state index contributed by atoms with van der Waals surface area (Å²) < 4.78 is 0. The van der Waals surface area contributed by atoms with Gasteiger partial charge in [-0.15, -0.1) is 0 Å². The summed E-state index contributed by atoms with van der Waals surface area (Å²) in [6, 6.07) is -1.24.